The molecule has 7 unspecified atom stereocenters. The minimum atomic E-state index is -4.77. The SMILES string of the molecule is CC(Cc1ccc(OS(=O)(=O)O)c(O)c1)C(C)Cc1ccc(O)c(OC2OC(C(=O)O)C(O)C(O)C2O)c1. The van der Waals surface area contributed by atoms with Crippen molar-refractivity contribution in [1.29, 1.82) is 0 Å². The highest BCUT2D eigenvalue weighted by atomic mass is 32.3. The first kappa shape index (κ1) is 29.4. The zero-order valence-electron chi connectivity index (χ0n) is 20.4. The average molecular weight is 559 g/mol. The Kier molecular flexibility index (Phi) is 9.07. The molecule has 7 N–H and O–H groups in total. The summed E-state index contributed by atoms with van der Waals surface area (Å²) in [5.74, 6) is -2.76. The summed E-state index contributed by atoms with van der Waals surface area (Å²) < 4.78 is 45.4. The van der Waals surface area contributed by atoms with Crippen molar-refractivity contribution in [3.8, 4) is 23.0 Å². The predicted octanol–water partition coefficient (Wildman–Crippen LogP) is 0.608. The van der Waals surface area contributed by atoms with Gasteiger partial charge in [0.05, 0.1) is 0 Å². The third-order valence-corrected chi connectivity index (χ3v) is 6.78. The highest BCUT2D eigenvalue weighted by Gasteiger charge is 2.48. The Morgan fingerprint density at radius 2 is 1.47 bits per heavy atom. The van der Waals surface area contributed by atoms with Gasteiger partial charge in [0.15, 0.2) is 29.1 Å². The molecule has 7 atom stereocenters. The van der Waals surface area contributed by atoms with Gasteiger partial charge in [-0.3, -0.25) is 4.55 Å². The maximum absolute atomic E-state index is 11.3. The minimum absolute atomic E-state index is 0.0492. The molecule has 210 valence electrons. The number of benzene rings is 2. The first-order valence-electron chi connectivity index (χ1n) is 11.6. The van der Waals surface area contributed by atoms with Gasteiger partial charge in [0, 0.05) is 0 Å². The lowest BCUT2D eigenvalue weighted by Gasteiger charge is -2.38. The van der Waals surface area contributed by atoms with Gasteiger partial charge in [0.2, 0.25) is 6.29 Å². The molecule has 14 heteroatoms. The summed E-state index contributed by atoms with van der Waals surface area (Å²) in [7, 11) is -4.77. The van der Waals surface area contributed by atoms with Crippen molar-refractivity contribution in [3.63, 3.8) is 0 Å². The first-order chi connectivity index (χ1) is 17.7. The quantitative estimate of drug-likeness (QED) is 0.199. The molecule has 13 nitrogen and oxygen atoms in total. The number of aliphatic carboxylic acids is 1. The van der Waals surface area contributed by atoms with Gasteiger partial charge in [-0.05, 0) is 60.1 Å². The molecule has 2 aromatic carbocycles. The normalized spacial score (nSPS) is 25.4. The molecule has 38 heavy (non-hydrogen) atoms. The Labute approximate surface area is 218 Å². The molecular formula is C24H30O13S. The van der Waals surface area contributed by atoms with Crippen molar-refractivity contribution >= 4 is 16.4 Å². The maximum atomic E-state index is 11.3. The van der Waals surface area contributed by atoms with Crippen LogP contribution in [0.2, 0.25) is 0 Å². The summed E-state index contributed by atoms with van der Waals surface area (Å²) in [5.41, 5.74) is 1.41. The fourth-order valence-corrected chi connectivity index (χ4v) is 4.44. The summed E-state index contributed by atoms with van der Waals surface area (Å²) in [4.78, 5) is 11.3. The average Bonchev–Trinajstić information content (AvgIpc) is 2.82. The molecule has 0 aromatic heterocycles. The molecule has 0 amide bonds. The summed E-state index contributed by atoms with van der Waals surface area (Å²) >= 11 is 0. The summed E-state index contributed by atoms with van der Waals surface area (Å²) in [6, 6.07) is 8.60. The molecule has 0 saturated carbocycles. The molecule has 0 aliphatic carbocycles. The number of aromatic hydroxyl groups is 2. The molecule has 0 bridgehead atoms. The van der Waals surface area contributed by atoms with Gasteiger partial charge in [-0.2, -0.15) is 8.42 Å². The Hall–Kier alpha value is -3.14. The maximum Gasteiger partial charge on any atom is 0.446 e. The van der Waals surface area contributed by atoms with Crippen molar-refractivity contribution in [2.75, 3.05) is 0 Å². The van der Waals surface area contributed by atoms with Gasteiger partial charge in [0.25, 0.3) is 0 Å². The van der Waals surface area contributed by atoms with Crippen LogP contribution in [0.1, 0.15) is 25.0 Å². The van der Waals surface area contributed by atoms with Crippen molar-refractivity contribution < 1.29 is 62.1 Å². The van der Waals surface area contributed by atoms with Gasteiger partial charge in [0.1, 0.15) is 18.3 Å². The molecule has 1 saturated heterocycles. The van der Waals surface area contributed by atoms with E-state index < -0.39 is 58.6 Å². The summed E-state index contributed by atoms with van der Waals surface area (Å²) in [6.07, 6.45) is -8.03. The molecule has 1 fully saturated rings. The standard InChI is InChI=1S/C24H30O13S/c1-11(7-13-4-6-17(16(26)9-13)37-38(32,33)34)12(2)8-14-3-5-15(25)18(10-14)35-24-21(29)19(27)20(28)22(36-24)23(30)31/h3-6,9-12,19-22,24-29H,7-8H2,1-2H3,(H,30,31)(H,32,33,34). The highest BCUT2D eigenvalue weighted by molar-refractivity contribution is 7.81. The second-order valence-electron chi connectivity index (χ2n) is 9.33. The Morgan fingerprint density at radius 3 is 2.03 bits per heavy atom. The fraction of sp³-hybridized carbons (Fsp3) is 0.458. The van der Waals surface area contributed by atoms with Crippen molar-refractivity contribution in [1.82, 2.24) is 0 Å². The number of ether oxygens (including phenoxy) is 2. The molecule has 1 aliphatic heterocycles. The van der Waals surface area contributed by atoms with E-state index in [1.165, 1.54) is 24.3 Å². The van der Waals surface area contributed by atoms with Crippen LogP contribution in [0, 0.1) is 11.8 Å². The highest BCUT2D eigenvalue weighted by Crippen LogP contribution is 2.34. The number of hydrogen-bond acceptors (Lipinski definition) is 11. The van der Waals surface area contributed by atoms with Crippen LogP contribution in [0.3, 0.4) is 0 Å². The van der Waals surface area contributed by atoms with Crippen LogP contribution >= 0.6 is 0 Å². The van der Waals surface area contributed by atoms with E-state index in [1.807, 2.05) is 13.8 Å². The smallest absolute Gasteiger partial charge is 0.446 e. The third kappa shape index (κ3) is 7.24. The predicted molar refractivity (Wildman–Crippen MR) is 129 cm³/mol. The zero-order chi connectivity index (χ0) is 28.4. The molecular weight excluding hydrogens is 528 g/mol. The molecule has 0 spiro atoms. The van der Waals surface area contributed by atoms with Gasteiger partial charge in [-0.1, -0.05) is 26.0 Å². The number of carboxylic acids is 1. The van der Waals surface area contributed by atoms with Crippen LogP contribution in [0.5, 0.6) is 23.0 Å². The second-order valence-corrected chi connectivity index (χ2v) is 10.4. The van der Waals surface area contributed by atoms with Crippen molar-refractivity contribution in [2.45, 2.75) is 57.4 Å². The first-order valence-corrected chi connectivity index (χ1v) is 12.9. The number of carboxylic acid groups (broad SMARTS) is 1. The number of phenols is 2. The van der Waals surface area contributed by atoms with Gasteiger partial charge in [-0.25, -0.2) is 4.79 Å². The van der Waals surface area contributed by atoms with E-state index in [0.29, 0.717) is 18.4 Å². The monoisotopic (exact) mass is 558 g/mol. The van der Waals surface area contributed by atoms with E-state index in [1.54, 1.807) is 12.1 Å². The Morgan fingerprint density at radius 1 is 0.895 bits per heavy atom. The molecule has 1 aliphatic rings. The van der Waals surface area contributed by atoms with E-state index in [4.69, 9.17) is 14.0 Å². The lowest BCUT2D eigenvalue weighted by Crippen LogP contribution is -2.61. The van der Waals surface area contributed by atoms with E-state index in [-0.39, 0.29) is 23.3 Å². The van der Waals surface area contributed by atoms with Crippen LogP contribution in [0.25, 0.3) is 0 Å². The Balaban J connectivity index is 1.67. The van der Waals surface area contributed by atoms with Crippen molar-refractivity contribution in [3.05, 3.63) is 47.5 Å². The molecule has 1 heterocycles. The topological polar surface area (TPSA) is 221 Å². The number of hydrogen-bond donors (Lipinski definition) is 7. The van der Waals surface area contributed by atoms with Crippen LogP contribution in [0.15, 0.2) is 36.4 Å². The van der Waals surface area contributed by atoms with E-state index in [9.17, 15) is 43.9 Å². The van der Waals surface area contributed by atoms with Gasteiger partial charge in [-0.15, -0.1) is 0 Å². The minimum Gasteiger partial charge on any atom is -0.504 e. The van der Waals surface area contributed by atoms with Gasteiger partial charge < -0.3 is 44.3 Å². The number of aliphatic hydroxyl groups excluding tert-OH is 3. The zero-order valence-corrected chi connectivity index (χ0v) is 21.2. The molecule has 2 aromatic rings. The van der Waals surface area contributed by atoms with Crippen LogP contribution < -0.4 is 8.92 Å². The lowest BCUT2D eigenvalue weighted by atomic mass is 9.85. The summed E-state index contributed by atoms with van der Waals surface area (Å²) in [5, 5.41) is 59.4. The van der Waals surface area contributed by atoms with E-state index in [2.05, 4.69) is 4.18 Å². The second kappa shape index (κ2) is 11.7. The number of carbonyl (C=O) groups is 1. The van der Waals surface area contributed by atoms with Crippen LogP contribution in [-0.2, 0) is 32.8 Å². The lowest BCUT2D eigenvalue weighted by molar-refractivity contribution is -0.271. The largest absolute Gasteiger partial charge is 0.504 e. The third-order valence-electron chi connectivity index (χ3n) is 6.39. The molecule has 0 radical (unpaired) electrons. The fourth-order valence-electron chi connectivity index (χ4n) is 4.07. The summed E-state index contributed by atoms with van der Waals surface area (Å²) in [6.45, 7) is 3.93. The van der Waals surface area contributed by atoms with Gasteiger partial charge >= 0.3 is 16.4 Å². The Bertz CT molecular complexity index is 1250. The number of phenolic OH excluding ortho intramolecular Hbond substituents is 2. The number of aliphatic hydroxyl groups is 3. The van der Waals surface area contributed by atoms with Crippen molar-refractivity contribution in [2.24, 2.45) is 11.8 Å². The van der Waals surface area contributed by atoms with Crippen LogP contribution in [-0.4, -0.2) is 80.3 Å². The van der Waals surface area contributed by atoms with E-state index >= 15 is 0 Å². The van der Waals surface area contributed by atoms with E-state index in [0.717, 1.165) is 5.56 Å². The number of rotatable bonds is 10. The van der Waals surface area contributed by atoms with Crippen LogP contribution in [0.4, 0.5) is 0 Å². The molecule has 3 rings (SSSR count).